The van der Waals surface area contributed by atoms with E-state index in [9.17, 15) is 9.59 Å². The summed E-state index contributed by atoms with van der Waals surface area (Å²) in [6, 6.07) is 0. The first-order chi connectivity index (χ1) is 7.61. The van der Waals surface area contributed by atoms with Gasteiger partial charge in [0.1, 0.15) is 11.0 Å². The Morgan fingerprint density at radius 1 is 1.19 bits per heavy atom. The van der Waals surface area contributed by atoms with Crippen LogP contribution in [0.3, 0.4) is 0 Å². The molecule has 0 rings (SSSR count). The van der Waals surface area contributed by atoms with Crippen LogP contribution in [0.15, 0.2) is 0 Å². The standard InChI is InChI=1S/C12H22O3S/c1-10(13)8-6-4-5-7-9-11(16-3)12(14)15-2/h11H,4-9H2,1-3H3. The Kier molecular flexibility index (Phi) is 9.39. The molecule has 0 aromatic heterocycles. The van der Waals surface area contributed by atoms with Crippen molar-refractivity contribution in [1.29, 1.82) is 0 Å². The molecule has 0 aliphatic heterocycles. The molecule has 0 saturated carbocycles. The highest BCUT2D eigenvalue weighted by Gasteiger charge is 2.16. The molecular weight excluding hydrogens is 224 g/mol. The number of ketones is 1. The summed E-state index contributed by atoms with van der Waals surface area (Å²) in [4.78, 5) is 22.0. The summed E-state index contributed by atoms with van der Waals surface area (Å²) in [5, 5.41) is -0.0298. The van der Waals surface area contributed by atoms with E-state index < -0.39 is 0 Å². The lowest BCUT2D eigenvalue weighted by Crippen LogP contribution is -2.18. The van der Waals surface area contributed by atoms with Crippen molar-refractivity contribution >= 4 is 23.5 Å². The number of Topliss-reactive ketones (excluding diaryl/α,β-unsaturated/α-hetero) is 1. The molecule has 0 amide bonds. The highest BCUT2D eigenvalue weighted by Crippen LogP contribution is 2.17. The second kappa shape index (κ2) is 9.70. The summed E-state index contributed by atoms with van der Waals surface area (Å²) in [6.07, 6.45) is 7.63. The fraction of sp³-hybridized carbons (Fsp3) is 0.833. The SMILES string of the molecule is COC(=O)C(CCCCCCC(C)=O)SC. The first-order valence-electron chi connectivity index (χ1n) is 5.72. The van der Waals surface area contributed by atoms with Gasteiger partial charge in [0.2, 0.25) is 0 Å². The third-order valence-electron chi connectivity index (χ3n) is 2.49. The van der Waals surface area contributed by atoms with Crippen LogP contribution in [-0.2, 0) is 14.3 Å². The van der Waals surface area contributed by atoms with Crippen LogP contribution in [0.1, 0.15) is 45.4 Å². The van der Waals surface area contributed by atoms with Crippen molar-refractivity contribution in [3.63, 3.8) is 0 Å². The molecule has 94 valence electrons. The number of thioether (sulfide) groups is 1. The van der Waals surface area contributed by atoms with E-state index in [0.717, 1.165) is 32.1 Å². The third kappa shape index (κ3) is 7.74. The molecule has 4 heteroatoms. The zero-order valence-corrected chi connectivity index (χ0v) is 11.3. The van der Waals surface area contributed by atoms with E-state index in [4.69, 9.17) is 4.74 Å². The number of hydrogen-bond donors (Lipinski definition) is 0. The minimum absolute atomic E-state index is 0.0298. The van der Waals surface area contributed by atoms with Gasteiger partial charge in [0.15, 0.2) is 0 Å². The summed E-state index contributed by atoms with van der Waals surface area (Å²) >= 11 is 1.54. The molecule has 0 saturated heterocycles. The lowest BCUT2D eigenvalue weighted by atomic mass is 10.1. The first kappa shape index (κ1) is 15.5. The fourth-order valence-electron chi connectivity index (χ4n) is 1.52. The molecule has 0 fully saturated rings. The maximum Gasteiger partial charge on any atom is 0.318 e. The van der Waals surface area contributed by atoms with E-state index in [1.165, 1.54) is 7.11 Å². The van der Waals surface area contributed by atoms with Crippen LogP contribution in [0, 0.1) is 0 Å². The van der Waals surface area contributed by atoms with Crippen LogP contribution in [0.2, 0.25) is 0 Å². The van der Waals surface area contributed by atoms with Gasteiger partial charge in [-0.2, -0.15) is 11.8 Å². The van der Waals surface area contributed by atoms with Gasteiger partial charge < -0.3 is 9.53 Å². The van der Waals surface area contributed by atoms with Gasteiger partial charge in [0.25, 0.3) is 0 Å². The minimum atomic E-state index is -0.128. The van der Waals surface area contributed by atoms with Gasteiger partial charge in [-0.25, -0.2) is 0 Å². The number of carbonyl (C=O) groups excluding carboxylic acids is 2. The third-order valence-corrected chi connectivity index (χ3v) is 3.49. The molecule has 3 nitrogen and oxygen atoms in total. The maximum absolute atomic E-state index is 11.3. The highest BCUT2D eigenvalue weighted by atomic mass is 32.2. The van der Waals surface area contributed by atoms with Crippen molar-refractivity contribution < 1.29 is 14.3 Å². The van der Waals surface area contributed by atoms with Gasteiger partial charge in [-0.3, -0.25) is 4.79 Å². The van der Waals surface area contributed by atoms with Gasteiger partial charge >= 0.3 is 5.97 Å². The van der Waals surface area contributed by atoms with Crippen molar-refractivity contribution in [2.45, 2.75) is 50.7 Å². The summed E-state index contributed by atoms with van der Waals surface area (Å²) in [7, 11) is 1.43. The summed E-state index contributed by atoms with van der Waals surface area (Å²) < 4.78 is 4.71. The maximum atomic E-state index is 11.3. The summed E-state index contributed by atoms with van der Waals surface area (Å²) in [6.45, 7) is 1.63. The van der Waals surface area contributed by atoms with Crippen LogP contribution in [-0.4, -0.2) is 30.4 Å². The Labute approximate surface area is 102 Å². The van der Waals surface area contributed by atoms with Gasteiger partial charge in [0, 0.05) is 6.42 Å². The number of ether oxygens (including phenoxy) is 1. The Bertz CT molecular complexity index is 216. The van der Waals surface area contributed by atoms with Crippen LogP contribution in [0.5, 0.6) is 0 Å². The second-order valence-corrected chi connectivity index (χ2v) is 4.94. The quantitative estimate of drug-likeness (QED) is 0.463. The molecule has 0 N–H and O–H groups in total. The van der Waals surface area contributed by atoms with E-state index in [1.54, 1.807) is 18.7 Å². The van der Waals surface area contributed by atoms with Crippen molar-refractivity contribution in [2.75, 3.05) is 13.4 Å². The highest BCUT2D eigenvalue weighted by molar-refractivity contribution is 7.99. The minimum Gasteiger partial charge on any atom is -0.468 e. The normalized spacial score (nSPS) is 12.2. The molecule has 0 spiro atoms. The molecule has 0 aromatic rings. The molecular formula is C12H22O3S. The summed E-state index contributed by atoms with van der Waals surface area (Å²) in [5.74, 6) is 0.132. The fourth-order valence-corrected chi connectivity index (χ4v) is 2.21. The summed E-state index contributed by atoms with van der Waals surface area (Å²) in [5.41, 5.74) is 0. The first-order valence-corrected chi connectivity index (χ1v) is 7.00. The number of rotatable bonds is 9. The molecule has 16 heavy (non-hydrogen) atoms. The molecule has 0 radical (unpaired) electrons. The second-order valence-electron chi connectivity index (χ2n) is 3.90. The van der Waals surface area contributed by atoms with Crippen molar-refractivity contribution in [2.24, 2.45) is 0 Å². The van der Waals surface area contributed by atoms with Gasteiger partial charge in [-0.1, -0.05) is 19.3 Å². The van der Waals surface area contributed by atoms with E-state index in [0.29, 0.717) is 6.42 Å². The average molecular weight is 246 g/mol. The van der Waals surface area contributed by atoms with E-state index in [2.05, 4.69) is 0 Å². The van der Waals surface area contributed by atoms with Gasteiger partial charge in [0.05, 0.1) is 7.11 Å². The monoisotopic (exact) mass is 246 g/mol. The number of methoxy groups -OCH3 is 1. The lowest BCUT2D eigenvalue weighted by Gasteiger charge is -2.11. The predicted octanol–water partition coefficient (Wildman–Crippen LogP) is 2.82. The number of esters is 1. The van der Waals surface area contributed by atoms with Crippen LogP contribution in [0.25, 0.3) is 0 Å². The largest absolute Gasteiger partial charge is 0.468 e. The van der Waals surface area contributed by atoms with Crippen LogP contribution >= 0.6 is 11.8 Å². The molecule has 0 bridgehead atoms. The Morgan fingerprint density at radius 2 is 1.81 bits per heavy atom. The predicted molar refractivity (Wildman–Crippen MR) is 67.7 cm³/mol. The average Bonchev–Trinajstić information content (AvgIpc) is 2.27. The molecule has 1 atom stereocenters. The Hall–Kier alpha value is -0.510. The number of hydrogen-bond acceptors (Lipinski definition) is 4. The Morgan fingerprint density at radius 3 is 2.31 bits per heavy atom. The topological polar surface area (TPSA) is 43.4 Å². The van der Waals surface area contributed by atoms with Crippen LogP contribution < -0.4 is 0 Å². The zero-order valence-electron chi connectivity index (χ0n) is 10.5. The van der Waals surface area contributed by atoms with E-state index in [1.807, 2.05) is 6.26 Å². The van der Waals surface area contributed by atoms with Crippen molar-refractivity contribution in [3.8, 4) is 0 Å². The molecule has 0 heterocycles. The number of unbranched alkanes of at least 4 members (excludes halogenated alkanes) is 3. The molecule has 1 unspecified atom stereocenters. The van der Waals surface area contributed by atoms with Crippen molar-refractivity contribution in [1.82, 2.24) is 0 Å². The zero-order chi connectivity index (χ0) is 12.4. The smallest absolute Gasteiger partial charge is 0.318 e. The van der Waals surface area contributed by atoms with Crippen LogP contribution in [0.4, 0.5) is 0 Å². The number of carbonyl (C=O) groups is 2. The lowest BCUT2D eigenvalue weighted by molar-refractivity contribution is -0.140. The molecule has 0 aliphatic rings. The van der Waals surface area contributed by atoms with E-state index >= 15 is 0 Å². The van der Waals surface area contributed by atoms with Gasteiger partial charge in [-0.05, 0) is 26.0 Å². The molecule has 0 aromatic carbocycles. The molecule has 0 aliphatic carbocycles. The Balaban J connectivity index is 3.48. The van der Waals surface area contributed by atoms with E-state index in [-0.39, 0.29) is 17.0 Å². The van der Waals surface area contributed by atoms with Gasteiger partial charge in [-0.15, -0.1) is 0 Å². The van der Waals surface area contributed by atoms with Crippen molar-refractivity contribution in [3.05, 3.63) is 0 Å².